The molecule has 8 heteroatoms. The first-order chi connectivity index (χ1) is 15.6. The fraction of sp³-hybridized carbons (Fsp3) is 0.240. The molecule has 1 amide bonds. The van der Waals surface area contributed by atoms with Crippen LogP contribution in [0.3, 0.4) is 0 Å². The number of hydrogen-bond donors (Lipinski definition) is 0. The summed E-state index contributed by atoms with van der Waals surface area (Å²) in [4.78, 5) is 42.3. The Morgan fingerprint density at radius 1 is 1.00 bits per heavy atom. The van der Waals surface area contributed by atoms with E-state index in [1.54, 1.807) is 45.3 Å². The van der Waals surface area contributed by atoms with Crippen LogP contribution in [-0.4, -0.2) is 34.0 Å². The van der Waals surface area contributed by atoms with Gasteiger partial charge in [-0.05, 0) is 67.3 Å². The molecule has 0 aliphatic rings. The van der Waals surface area contributed by atoms with Crippen LogP contribution >= 0.6 is 11.3 Å². The van der Waals surface area contributed by atoms with Crippen LogP contribution < -0.4 is 11.2 Å². The van der Waals surface area contributed by atoms with Gasteiger partial charge in [0.15, 0.2) is 0 Å². The van der Waals surface area contributed by atoms with Crippen molar-refractivity contribution in [2.45, 2.75) is 27.3 Å². The lowest BCUT2D eigenvalue weighted by Crippen LogP contribution is -2.39. The number of hydrogen-bond acceptors (Lipinski definition) is 4. The van der Waals surface area contributed by atoms with Crippen molar-refractivity contribution in [3.8, 4) is 5.69 Å². The fourth-order valence-corrected chi connectivity index (χ4v) is 5.07. The van der Waals surface area contributed by atoms with Crippen LogP contribution in [0.25, 0.3) is 15.9 Å². The minimum absolute atomic E-state index is 0.135. The molecule has 0 unspecified atom stereocenters. The molecule has 0 atom stereocenters. The van der Waals surface area contributed by atoms with Gasteiger partial charge in [0.1, 0.15) is 10.6 Å². The Morgan fingerprint density at radius 2 is 1.67 bits per heavy atom. The Balaban J connectivity index is 2.08. The molecule has 0 saturated heterocycles. The molecule has 0 bridgehead atoms. The summed E-state index contributed by atoms with van der Waals surface area (Å²) >= 11 is 1.13. The van der Waals surface area contributed by atoms with Crippen molar-refractivity contribution >= 4 is 27.5 Å². The second-order valence-electron chi connectivity index (χ2n) is 8.34. The van der Waals surface area contributed by atoms with Crippen LogP contribution in [0.2, 0.25) is 0 Å². The fourth-order valence-electron chi connectivity index (χ4n) is 3.76. The Morgan fingerprint density at radius 3 is 2.27 bits per heavy atom. The third-order valence-electron chi connectivity index (χ3n) is 5.82. The number of thiophene rings is 1. The molecule has 2 aromatic heterocycles. The highest BCUT2D eigenvalue weighted by Gasteiger charge is 2.24. The summed E-state index contributed by atoms with van der Waals surface area (Å²) in [7, 11) is 3.29. The summed E-state index contributed by atoms with van der Waals surface area (Å²) in [6.45, 7) is 5.74. The van der Waals surface area contributed by atoms with E-state index < -0.39 is 11.2 Å². The maximum Gasteiger partial charge on any atom is 0.337 e. The van der Waals surface area contributed by atoms with Crippen LogP contribution in [0.1, 0.15) is 31.9 Å². The van der Waals surface area contributed by atoms with Crippen molar-refractivity contribution in [2.24, 2.45) is 0 Å². The van der Waals surface area contributed by atoms with Crippen LogP contribution in [0, 0.1) is 26.6 Å². The zero-order valence-electron chi connectivity index (χ0n) is 19.1. The van der Waals surface area contributed by atoms with Crippen molar-refractivity contribution in [1.29, 1.82) is 0 Å². The molecule has 0 N–H and O–H groups in total. The average molecular weight is 466 g/mol. The summed E-state index contributed by atoms with van der Waals surface area (Å²) in [6.07, 6.45) is 0. The molecule has 4 rings (SSSR count). The minimum Gasteiger partial charge on any atom is -0.344 e. The summed E-state index contributed by atoms with van der Waals surface area (Å²) in [5, 5.41) is 0.338. The van der Waals surface area contributed by atoms with Crippen LogP contribution in [-0.2, 0) is 6.54 Å². The van der Waals surface area contributed by atoms with Crippen molar-refractivity contribution in [3.63, 3.8) is 0 Å². The predicted molar refractivity (Wildman–Crippen MR) is 129 cm³/mol. The van der Waals surface area contributed by atoms with Gasteiger partial charge in [-0.2, -0.15) is 0 Å². The molecular weight excluding hydrogens is 441 g/mol. The summed E-state index contributed by atoms with van der Waals surface area (Å²) in [5.41, 5.74) is 2.75. The van der Waals surface area contributed by atoms with Crippen molar-refractivity contribution in [1.82, 2.24) is 14.0 Å². The highest BCUT2D eigenvalue weighted by Crippen LogP contribution is 2.29. The molecule has 0 spiro atoms. The van der Waals surface area contributed by atoms with Gasteiger partial charge in [-0.1, -0.05) is 18.2 Å². The quantitative estimate of drug-likeness (QED) is 0.457. The second kappa shape index (κ2) is 8.44. The van der Waals surface area contributed by atoms with E-state index in [1.807, 2.05) is 19.9 Å². The van der Waals surface area contributed by atoms with Gasteiger partial charge in [-0.25, -0.2) is 13.8 Å². The molecule has 33 heavy (non-hydrogen) atoms. The molecular formula is C25H24FN3O3S. The minimum atomic E-state index is -0.509. The summed E-state index contributed by atoms with van der Waals surface area (Å²) < 4.78 is 16.1. The van der Waals surface area contributed by atoms with E-state index in [1.165, 1.54) is 21.6 Å². The molecule has 0 aliphatic heterocycles. The SMILES string of the molecule is Cc1ccc(-n2c(=O)c3c(C)c(C(=O)N(C)C)sc3n(Cc3ccc(F)cc3)c2=O)cc1C. The third-order valence-corrected chi connectivity index (χ3v) is 7.12. The van der Waals surface area contributed by atoms with E-state index in [4.69, 9.17) is 0 Å². The number of nitrogens with zero attached hydrogens (tertiary/aromatic N) is 3. The van der Waals surface area contributed by atoms with Crippen LogP contribution in [0.15, 0.2) is 52.1 Å². The van der Waals surface area contributed by atoms with E-state index in [2.05, 4.69) is 0 Å². The maximum absolute atomic E-state index is 13.7. The molecule has 0 fully saturated rings. The monoisotopic (exact) mass is 465 g/mol. The first-order valence-corrected chi connectivity index (χ1v) is 11.2. The third kappa shape index (κ3) is 3.91. The Kier molecular flexibility index (Phi) is 5.80. The number of carbonyl (C=O) groups is 1. The number of carbonyl (C=O) groups excluding carboxylic acids is 1. The lowest BCUT2D eigenvalue weighted by molar-refractivity contribution is 0.0831. The van der Waals surface area contributed by atoms with Gasteiger partial charge in [-0.3, -0.25) is 14.2 Å². The molecule has 2 aromatic carbocycles. The summed E-state index contributed by atoms with van der Waals surface area (Å²) in [5.74, 6) is -0.603. The number of benzene rings is 2. The van der Waals surface area contributed by atoms with Gasteiger partial charge < -0.3 is 4.90 Å². The number of halogens is 1. The topological polar surface area (TPSA) is 64.3 Å². The molecule has 2 heterocycles. The molecule has 6 nitrogen and oxygen atoms in total. The van der Waals surface area contributed by atoms with E-state index in [0.29, 0.717) is 31.9 Å². The Hall–Kier alpha value is -3.52. The van der Waals surface area contributed by atoms with Crippen LogP contribution in [0.4, 0.5) is 4.39 Å². The van der Waals surface area contributed by atoms with Gasteiger partial charge in [0.2, 0.25) is 0 Å². The van der Waals surface area contributed by atoms with E-state index >= 15 is 0 Å². The summed E-state index contributed by atoms with van der Waals surface area (Å²) in [6, 6.07) is 11.3. The standard InChI is InChI=1S/C25H24FN3O3S/c1-14-6-11-19(12-15(14)2)29-22(30)20-16(3)21(23(31)27(4)5)33-24(20)28(25(29)32)13-17-7-9-18(26)10-8-17/h6-12H,13H2,1-5H3. The number of aromatic nitrogens is 2. The highest BCUT2D eigenvalue weighted by molar-refractivity contribution is 7.20. The second-order valence-corrected chi connectivity index (χ2v) is 9.34. The average Bonchev–Trinajstić information content (AvgIpc) is 3.11. The zero-order valence-corrected chi connectivity index (χ0v) is 19.9. The first kappa shape index (κ1) is 22.7. The Labute approximate surface area is 194 Å². The van der Waals surface area contributed by atoms with Gasteiger partial charge in [0, 0.05) is 14.1 Å². The Bertz CT molecular complexity index is 1510. The molecule has 0 radical (unpaired) electrons. The van der Waals surface area contributed by atoms with Gasteiger partial charge >= 0.3 is 5.69 Å². The number of aryl methyl sites for hydroxylation is 3. The van der Waals surface area contributed by atoms with Crippen molar-refractivity contribution in [2.75, 3.05) is 14.1 Å². The highest BCUT2D eigenvalue weighted by atomic mass is 32.1. The van der Waals surface area contributed by atoms with E-state index in [-0.39, 0.29) is 18.3 Å². The van der Waals surface area contributed by atoms with E-state index in [9.17, 15) is 18.8 Å². The molecule has 0 saturated carbocycles. The van der Waals surface area contributed by atoms with Crippen molar-refractivity contribution < 1.29 is 9.18 Å². The van der Waals surface area contributed by atoms with Crippen molar-refractivity contribution in [3.05, 3.63) is 96.3 Å². The smallest absolute Gasteiger partial charge is 0.337 e. The van der Waals surface area contributed by atoms with E-state index in [0.717, 1.165) is 27.0 Å². The number of amides is 1. The van der Waals surface area contributed by atoms with Gasteiger partial charge in [0.25, 0.3) is 11.5 Å². The molecule has 170 valence electrons. The predicted octanol–water partition coefficient (Wildman–Crippen LogP) is 4.03. The molecule has 4 aromatic rings. The zero-order chi connectivity index (χ0) is 24.0. The largest absolute Gasteiger partial charge is 0.344 e. The lowest BCUT2D eigenvalue weighted by Gasteiger charge is -2.13. The maximum atomic E-state index is 13.7. The van der Waals surface area contributed by atoms with Crippen LogP contribution in [0.5, 0.6) is 0 Å². The normalized spacial score (nSPS) is 11.2. The first-order valence-electron chi connectivity index (χ1n) is 10.4. The lowest BCUT2D eigenvalue weighted by atomic mass is 10.1. The molecule has 0 aliphatic carbocycles. The number of fused-ring (bicyclic) bond motifs is 1. The van der Waals surface area contributed by atoms with Gasteiger partial charge in [-0.15, -0.1) is 11.3 Å². The number of rotatable bonds is 4. The van der Waals surface area contributed by atoms with Gasteiger partial charge in [0.05, 0.1) is 22.5 Å².